The first kappa shape index (κ1) is 10.6. The summed E-state index contributed by atoms with van der Waals surface area (Å²) in [6.45, 7) is 0.594. The van der Waals surface area contributed by atoms with E-state index in [1.807, 2.05) is 12.1 Å². The number of aromatic carboxylic acids is 1. The van der Waals surface area contributed by atoms with Crippen LogP contribution in [0.4, 0.5) is 11.4 Å². The number of hydrogen-bond donors (Lipinski definition) is 3. The number of aromatic nitrogens is 1. The van der Waals surface area contributed by atoms with Gasteiger partial charge in [-0.3, -0.25) is 4.98 Å². The highest BCUT2D eigenvalue weighted by Crippen LogP contribution is 2.35. The number of furan rings is 1. The van der Waals surface area contributed by atoms with Gasteiger partial charge in [0.1, 0.15) is 12.0 Å². The van der Waals surface area contributed by atoms with Crippen molar-refractivity contribution in [1.82, 2.24) is 4.98 Å². The molecule has 2 aromatic heterocycles. The van der Waals surface area contributed by atoms with E-state index in [4.69, 9.17) is 9.52 Å². The van der Waals surface area contributed by atoms with Crippen LogP contribution in [-0.2, 0) is 0 Å². The highest BCUT2D eigenvalue weighted by molar-refractivity contribution is 5.95. The zero-order valence-corrected chi connectivity index (χ0v) is 9.38. The van der Waals surface area contributed by atoms with E-state index in [2.05, 4.69) is 15.6 Å². The molecule has 1 aliphatic heterocycles. The lowest BCUT2D eigenvalue weighted by Crippen LogP contribution is -2.25. The molecule has 3 N–H and O–H groups in total. The van der Waals surface area contributed by atoms with Crippen LogP contribution in [0.1, 0.15) is 22.2 Å². The molecule has 1 unspecified atom stereocenters. The summed E-state index contributed by atoms with van der Waals surface area (Å²) in [7, 11) is 0. The summed E-state index contributed by atoms with van der Waals surface area (Å²) >= 11 is 0. The summed E-state index contributed by atoms with van der Waals surface area (Å²) in [5.74, 6) is -1.14. The van der Waals surface area contributed by atoms with Crippen LogP contribution in [0.2, 0.25) is 0 Å². The monoisotopic (exact) mass is 245 g/mol. The van der Waals surface area contributed by atoms with Gasteiger partial charge in [-0.2, -0.15) is 0 Å². The Kier molecular flexibility index (Phi) is 2.40. The Balaban J connectivity index is 1.89. The van der Waals surface area contributed by atoms with Crippen molar-refractivity contribution in [2.75, 3.05) is 17.2 Å². The van der Waals surface area contributed by atoms with Crippen LogP contribution < -0.4 is 10.6 Å². The van der Waals surface area contributed by atoms with Crippen molar-refractivity contribution in [1.29, 1.82) is 0 Å². The van der Waals surface area contributed by atoms with Gasteiger partial charge in [-0.25, -0.2) is 4.79 Å². The van der Waals surface area contributed by atoms with Crippen molar-refractivity contribution in [3.8, 4) is 0 Å². The average molecular weight is 245 g/mol. The lowest BCUT2D eigenvalue weighted by molar-refractivity contribution is 0.0664. The maximum absolute atomic E-state index is 10.9. The predicted molar refractivity (Wildman–Crippen MR) is 64.8 cm³/mol. The summed E-state index contributed by atoms with van der Waals surface area (Å²) in [6.07, 6.45) is 4.87. The number of fused-ring (bicyclic) bond motifs is 1. The Hall–Kier alpha value is -2.50. The van der Waals surface area contributed by atoms with Gasteiger partial charge in [-0.15, -0.1) is 0 Å². The Morgan fingerprint density at radius 2 is 2.22 bits per heavy atom. The molecular formula is C12H11N3O3. The molecule has 1 atom stereocenters. The summed E-state index contributed by atoms with van der Waals surface area (Å²) < 4.78 is 5.03. The van der Waals surface area contributed by atoms with Crippen LogP contribution in [0, 0.1) is 0 Å². The van der Waals surface area contributed by atoms with E-state index in [-0.39, 0.29) is 11.8 Å². The molecule has 92 valence electrons. The molecule has 0 saturated heterocycles. The van der Waals surface area contributed by atoms with E-state index in [0.717, 1.165) is 5.56 Å². The molecule has 3 heterocycles. The van der Waals surface area contributed by atoms with Crippen LogP contribution in [-0.4, -0.2) is 22.6 Å². The van der Waals surface area contributed by atoms with Gasteiger partial charge in [-0.05, 0) is 17.7 Å². The molecule has 0 radical (unpaired) electrons. The Labute approximate surface area is 103 Å². The van der Waals surface area contributed by atoms with Crippen molar-refractivity contribution in [3.63, 3.8) is 0 Å². The van der Waals surface area contributed by atoms with Crippen LogP contribution in [0.25, 0.3) is 0 Å². The smallest absolute Gasteiger partial charge is 0.374 e. The van der Waals surface area contributed by atoms with Gasteiger partial charge in [0.2, 0.25) is 5.76 Å². The second-order valence-electron chi connectivity index (χ2n) is 4.02. The van der Waals surface area contributed by atoms with Crippen molar-refractivity contribution in [2.45, 2.75) is 6.04 Å². The van der Waals surface area contributed by atoms with Gasteiger partial charge in [0, 0.05) is 18.9 Å². The molecule has 3 rings (SSSR count). The normalized spacial score (nSPS) is 17.4. The zero-order valence-electron chi connectivity index (χ0n) is 9.38. The molecule has 0 bridgehead atoms. The number of pyridine rings is 1. The lowest BCUT2D eigenvalue weighted by atomic mass is 10.1. The molecule has 0 fully saturated rings. The van der Waals surface area contributed by atoms with Crippen molar-refractivity contribution in [3.05, 3.63) is 42.1 Å². The number of nitrogens with one attached hydrogen (secondary N) is 2. The summed E-state index contributed by atoms with van der Waals surface area (Å²) in [4.78, 5) is 14.9. The van der Waals surface area contributed by atoms with E-state index < -0.39 is 5.97 Å². The number of carboxylic acids is 1. The SMILES string of the molecule is O=C(O)c1occ2c1NCC(c1ccncc1)N2. The van der Waals surface area contributed by atoms with Crippen LogP contribution >= 0.6 is 0 Å². The molecular weight excluding hydrogens is 234 g/mol. The molecule has 1 aliphatic rings. The van der Waals surface area contributed by atoms with Gasteiger partial charge in [0.25, 0.3) is 0 Å². The summed E-state index contributed by atoms with van der Waals surface area (Å²) in [5.41, 5.74) is 2.26. The molecule has 6 heteroatoms. The highest BCUT2D eigenvalue weighted by atomic mass is 16.4. The maximum Gasteiger partial charge on any atom is 0.374 e. The maximum atomic E-state index is 10.9. The standard InChI is InChI=1S/C12H11N3O3/c16-12(17)11-10-9(6-18-11)15-8(5-14-10)7-1-3-13-4-2-7/h1-4,6,8,14-15H,5H2,(H,16,17). The minimum absolute atomic E-state index is 0.0642. The molecule has 6 nitrogen and oxygen atoms in total. The predicted octanol–water partition coefficient (Wildman–Crippen LogP) is 1.95. The first-order chi connectivity index (χ1) is 8.75. The second-order valence-corrected chi connectivity index (χ2v) is 4.02. The zero-order chi connectivity index (χ0) is 12.5. The molecule has 18 heavy (non-hydrogen) atoms. The molecule has 2 aromatic rings. The van der Waals surface area contributed by atoms with Crippen molar-refractivity contribution >= 4 is 17.3 Å². The topological polar surface area (TPSA) is 87.4 Å². The van der Waals surface area contributed by atoms with E-state index in [1.54, 1.807) is 12.4 Å². The van der Waals surface area contributed by atoms with E-state index in [0.29, 0.717) is 17.9 Å². The fourth-order valence-electron chi connectivity index (χ4n) is 2.04. The number of rotatable bonds is 2. The number of nitrogens with zero attached hydrogens (tertiary/aromatic N) is 1. The van der Waals surface area contributed by atoms with Gasteiger partial charge >= 0.3 is 5.97 Å². The fraction of sp³-hybridized carbons (Fsp3) is 0.167. The van der Waals surface area contributed by atoms with Crippen molar-refractivity contribution in [2.24, 2.45) is 0 Å². The van der Waals surface area contributed by atoms with Crippen LogP contribution in [0.15, 0.2) is 35.2 Å². The third kappa shape index (κ3) is 1.67. The summed E-state index contributed by atoms with van der Waals surface area (Å²) in [5, 5.41) is 15.3. The third-order valence-electron chi connectivity index (χ3n) is 2.91. The second kappa shape index (κ2) is 4.06. The highest BCUT2D eigenvalue weighted by Gasteiger charge is 2.26. The first-order valence-corrected chi connectivity index (χ1v) is 5.51. The Bertz CT molecular complexity index is 580. The fourth-order valence-corrected chi connectivity index (χ4v) is 2.04. The van der Waals surface area contributed by atoms with E-state index in [1.165, 1.54) is 6.26 Å². The van der Waals surface area contributed by atoms with Gasteiger partial charge < -0.3 is 20.2 Å². The average Bonchev–Trinajstić information content (AvgIpc) is 2.82. The number of anilines is 2. The summed E-state index contributed by atoms with van der Waals surface area (Å²) in [6, 6.07) is 3.91. The molecule has 0 saturated carbocycles. The van der Waals surface area contributed by atoms with Crippen LogP contribution in [0.5, 0.6) is 0 Å². The largest absolute Gasteiger partial charge is 0.475 e. The minimum atomic E-state index is -1.08. The third-order valence-corrected chi connectivity index (χ3v) is 2.91. The van der Waals surface area contributed by atoms with Gasteiger partial charge in [0.15, 0.2) is 0 Å². The Morgan fingerprint density at radius 1 is 1.44 bits per heavy atom. The number of carboxylic acid groups (broad SMARTS) is 1. The Morgan fingerprint density at radius 3 is 2.94 bits per heavy atom. The lowest BCUT2D eigenvalue weighted by Gasteiger charge is -2.26. The van der Waals surface area contributed by atoms with E-state index in [9.17, 15) is 4.79 Å². The van der Waals surface area contributed by atoms with Gasteiger partial charge in [-0.1, -0.05) is 0 Å². The van der Waals surface area contributed by atoms with E-state index >= 15 is 0 Å². The van der Waals surface area contributed by atoms with Gasteiger partial charge in [0.05, 0.1) is 11.7 Å². The molecule has 0 aromatic carbocycles. The molecule has 0 spiro atoms. The first-order valence-electron chi connectivity index (χ1n) is 5.51. The number of hydrogen-bond acceptors (Lipinski definition) is 5. The number of carbonyl (C=O) groups is 1. The molecule has 0 amide bonds. The van der Waals surface area contributed by atoms with Crippen molar-refractivity contribution < 1.29 is 14.3 Å². The van der Waals surface area contributed by atoms with Crippen LogP contribution in [0.3, 0.4) is 0 Å². The quantitative estimate of drug-likeness (QED) is 0.749. The molecule has 0 aliphatic carbocycles. The minimum Gasteiger partial charge on any atom is -0.475 e.